The fourth-order valence-electron chi connectivity index (χ4n) is 0.468. The molecule has 1 atom stereocenters. The van der Waals surface area contributed by atoms with Crippen molar-refractivity contribution in [1.29, 1.82) is 0 Å². The molecule has 0 aromatic carbocycles. The molecule has 1 unspecified atom stereocenters. The maximum Gasteiger partial charge on any atom is 0.508 e. The van der Waals surface area contributed by atoms with Gasteiger partial charge in [-0.25, -0.2) is 4.79 Å². The number of carbonyl (C=O) groups is 1. The minimum Gasteiger partial charge on any atom is -0.432 e. The second kappa shape index (κ2) is 4.30. The molecule has 1 N–H and O–H groups in total. The van der Waals surface area contributed by atoms with Crippen LogP contribution in [0.15, 0.2) is 0 Å². The van der Waals surface area contributed by atoms with E-state index in [9.17, 15) is 4.79 Å². The second-order valence-corrected chi connectivity index (χ2v) is 3.62. The zero-order valence-electron chi connectivity index (χ0n) is 7.96. The van der Waals surface area contributed by atoms with E-state index in [0.29, 0.717) is 0 Å². The number of aliphatic hydroxyl groups is 1. The van der Waals surface area contributed by atoms with Crippen molar-refractivity contribution >= 4 is 6.16 Å². The molecule has 0 bridgehead atoms. The van der Waals surface area contributed by atoms with Crippen LogP contribution in [-0.4, -0.2) is 29.6 Å². The van der Waals surface area contributed by atoms with Gasteiger partial charge in [-0.1, -0.05) is 0 Å². The summed E-state index contributed by atoms with van der Waals surface area (Å²) in [6.07, 6.45) is -1.40. The molecule has 0 radical (unpaired) electrons. The van der Waals surface area contributed by atoms with Crippen LogP contribution >= 0.6 is 0 Å². The van der Waals surface area contributed by atoms with Gasteiger partial charge in [-0.15, -0.1) is 0 Å². The Bertz CT molecular complexity index is 146. The van der Waals surface area contributed by atoms with E-state index in [-0.39, 0.29) is 6.61 Å². The maximum absolute atomic E-state index is 10.8. The summed E-state index contributed by atoms with van der Waals surface area (Å²) < 4.78 is 9.38. The Kier molecular flexibility index (Phi) is 4.03. The molecule has 0 fully saturated rings. The summed E-state index contributed by atoms with van der Waals surface area (Å²) in [6, 6.07) is 0. The van der Waals surface area contributed by atoms with Crippen LogP contribution in [0.5, 0.6) is 0 Å². The molecule has 0 aliphatic heterocycles. The van der Waals surface area contributed by atoms with Crippen LogP contribution < -0.4 is 0 Å². The monoisotopic (exact) mass is 176 g/mol. The van der Waals surface area contributed by atoms with Crippen molar-refractivity contribution < 1.29 is 19.4 Å². The molecule has 0 amide bonds. The highest BCUT2D eigenvalue weighted by atomic mass is 16.7. The molecule has 0 aromatic heterocycles. The molecule has 0 aliphatic rings. The fraction of sp³-hybridized carbons (Fsp3) is 0.875. The van der Waals surface area contributed by atoms with Crippen molar-refractivity contribution in [1.82, 2.24) is 0 Å². The molecular formula is C8H16O4. The molecule has 4 nitrogen and oxygen atoms in total. The van der Waals surface area contributed by atoms with Gasteiger partial charge in [0, 0.05) is 0 Å². The van der Waals surface area contributed by atoms with Crippen molar-refractivity contribution in [2.24, 2.45) is 0 Å². The molecule has 0 aliphatic carbocycles. The van der Waals surface area contributed by atoms with E-state index in [1.165, 1.54) is 6.92 Å². The Hall–Kier alpha value is -0.770. The average molecular weight is 176 g/mol. The van der Waals surface area contributed by atoms with Crippen LogP contribution in [-0.2, 0) is 9.47 Å². The van der Waals surface area contributed by atoms with E-state index < -0.39 is 17.9 Å². The Morgan fingerprint density at radius 3 is 2.33 bits per heavy atom. The highest BCUT2D eigenvalue weighted by Gasteiger charge is 2.17. The molecular weight excluding hydrogens is 160 g/mol. The van der Waals surface area contributed by atoms with Gasteiger partial charge in [0.1, 0.15) is 12.2 Å². The highest BCUT2D eigenvalue weighted by molar-refractivity contribution is 5.60. The summed E-state index contributed by atoms with van der Waals surface area (Å²) >= 11 is 0. The first-order valence-electron chi connectivity index (χ1n) is 3.85. The first-order chi connectivity index (χ1) is 5.31. The summed E-state index contributed by atoms with van der Waals surface area (Å²) in [4.78, 5) is 10.8. The molecule has 0 saturated carbocycles. The smallest absolute Gasteiger partial charge is 0.432 e. The fourth-order valence-corrected chi connectivity index (χ4v) is 0.468. The topological polar surface area (TPSA) is 55.8 Å². The van der Waals surface area contributed by atoms with Gasteiger partial charge in [-0.2, -0.15) is 0 Å². The molecule has 0 heterocycles. The Morgan fingerprint density at radius 2 is 2.00 bits per heavy atom. The van der Waals surface area contributed by atoms with Gasteiger partial charge in [0.15, 0.2) is 0 Å². The third-order valence-electron chi connectivity index (χ3n) is 0.832. The van der Waals surface area contributed by atoms with Gasteiger partial charge in [0.2, 0.25) is 0 Å². The lowest BCUT2D eigenvalue weighted by molar-refractivity contribution is -0.0223. The zero-order valence-corrected chi connectivity index (χ0v) is 7.96. The minimum atomic E-state index is -0.747. The molecule has 12 heavy (non-hydrogen) atoms. The van der Waals surface area contributed by atoms with E-state index >= 15 is 0 Å². The summed E-state index contributed by atoms with van der Waals surface area (Å²) in [5.41, 5.74) is -0.546. The average Bonchev–Trinajstić information content (AvgIpc) is 1.79. The molecule has 0 aromatic rings. The van der Waals surface area contributed by atoms with Gasteiger partial charge >= 0.3 is 6.16 Å². The largest absolute Gasteiger partial charge is 0.508 e. The quantitative estimate of drug-likeness (QED) is 0.645. The van der Waals surface area contributed by atoms with Crippen LogP contribution in [0.3, 0.4) is 0 Å². The third kappa shape index (κ3) is 7.34. The molecule has 4 heteroatoms. The predicted molar refractivity (Wildman–Crippen MR) is 43.9 cm³/mol. The SMILES string of the molecule is CC(O)COC(=O)OC(C)(C)C. The van der Waals surface area contributed by atoms with E-state index in [1.54, 1.807) is 20.8 Å². The van der Waals surface area contributed by atoms with Crippen molar-refractivity contribution in [2.45, 2.75) is 39.4 Å². The number of hydrogen-bond acceptors (Lipinski definition) is 4. The van der Waals surface area contributed by atoms with Crippen molar-refractivity contribution in [3.8, 4) is 0 Å². The number of ether oxygens (including phenoxy) is 2. The lowest BCUT2D eigenvalue weighted by atomic mass is 10.2. The second-order valence-electron chi connectivity index (χ2n) is 3.62. The van der Waals surface area contributed by atoms with Gasteiger partial charge < -0.3 is 14.6 Å². The number of hydrogen-bond donors (Lipinski definition) is 1. The summed E-state index contributed by atoms with van der Waals surface area (Å²) in [5.74, 6) is 0. The van der Waals surface area contributed by atoms with Crippen LogP contribution in [0.4, 0.5) is 4.79 Å². The Balaban J connectivity index is 3.61. The first-order valence-corrected chi connectivity index (χ1v) is 3.85. The predicted octanol–water partition coefficient (Wildman–Crippen LogP) is 1.32. The lowest BCUT2D eigenvalue weighted by Crippen LogP contribution is -2.26. The number of aliphatic hydroxyl groups excluding tert-OH is 1. The first kappa shape index (κ1) is 11.2. The number of carbonyl (C=O) groups excluding carboxylic acids is 1. The van der Waals surface area contributed by atoms with Gasteiger partial charge in [-0.3, -0.25) is 0 Å². The summed E-state index contributed by atoms with van der Waals surface area (Å²) in [7, 11) is 0. The van der Waals surface area contributed by atoms with Crippen molar-refractivity contribution in [3.63, 3.8) is 0 Å². The maximum atomic E-state index is 10.8. The van der Waals surface area contributed by atoms with Gasteiger partial charge in [0.05, 0.1) is 6.10 Å². The lowest BCUT2D eigenvalue weighted by Gasteiger charge is -2.19. The summed E-state index contributed by atoms with van der Waals surface area (Å²) in [6.45, 7) is 6.74. The Morgan fingerprint density at radius 1 is 1.50 bits per heavy atom. The van der Waals surface area contributed by atoms with E-state index in [4.69, 9.17) is 9.84 Å². The van der Waals surface area contributed by atoms with Crippen LogP contribution in [0.25, 0.3) is 0 Å². The number of rotatable bonds is 2. The molecule has 0 rings (SSSR count). The van der Waals surface area contributed by atoms with Crippen molar-refractivity contribution in [3.05, 3.63) is 0 Å². The van der Waals surface area contributed by atoms with E-state index in [1.807, 2.05) is 0 Å². The minimum absolute atomic E-state index is 0.0328. The Labute approximate surface area is 72.5 Å². The van der Waals surface area contributed by atoms with Crippen LogP contribution in [0, 0.1) is 0 Å². The standard InChI is InChI=1S/C8H16O4/c1-6(9)5-11-7(10)12-8(2,3)4/h6,9H,5H2,1-4H3. The van der Waals surface area contributed by atoms with E-state index in [2.05, 4.69) is 4.74 Å². The summed E-state index contributed by atoms with van der Waals surface area (Å²) in [5, 5.41) is 8.77. The van der Waals surface area contributed by atoms with Crippen LogP contribution in [0.1, 0.15) is 27.7 Å². The third-order valence-corrected chi connectivity index (χ3v) is 0.832. The normalized spacial score (nSPS) is 13.8. The molecule has 0 spiro atoms. The van der Waals surface area contributed by atoms with Gasteiger partial charge in [-0.05, 0) is 27.7 Å². The zero-order chi connectivity index (χ0) is 9.78. The van der Waals surface area contributed by atoms with Gasteiger partial charge in [0.25, 0.3) is 0 Å². The molecule has 72 valence electrons. The molecule has 0 saturated heterocycles. The highest BCUT2D eigenvalue weighted by Crippen LogP contribution is 2.07. The van der Waals surface area contributed by atoms with E-state index in [0.717, 1.165) is 0 Å². The van der Waals surface area contributed by atoms with Crippen molar-refractivity contribution in [2.75, 3.05) is 6.61 Å². The van der Waals surface area contributed by atoms with Crippen LogP contribution in [0.2, 0.25) is 0 Å².